The van der Waals surface area contributed by atoms with Gasteiger partial charge in [0.1, 0.15) is 0 Å². The first-order valence-electron chi connectivity index (χ1n) is 3.90. The maximum atomic E-state index is 10.5. The van der Waals surface area contributed by atoms with Gasteiger partial charge < -0.3 is 9.09 Å². The number of carbonyl (C=O) groups excluding carboxylic acids is 1. The maximum Gasteiger partial charge on any atom is 0.166 e. The summed E-state index contributed by atoms with van der Waals surface area (Å²) in [6, 6.07) is 5.35. The average Bonchev–Trinajstić information content (AvgIpc) is 2.76. The molecule has 2 rings (SSSR count). The minimum absolute atomic E-state index is 0.543. The van der Waals surface area contributed by atoms with E-state index in [4.69, 9.17) is 4.52 Å². The number of hydrogen-bond acceptors (Lipinski definition) is 3. The third kappa shape index (κ3) is 1.51. The summed E-state index contributed by atoms with van der Waals surface area (Å²) in [4.78, 5) is 10.5. The van der Waals surface area contributed by atoms with E-state index < -0.39 is 0 Å². The summed E-state index contributed by atoms with van der Waals surface area (Å²) in [5.74, 6) is 0.735. The minimum atomic E-state index is 0.543. The van der Waals surface area contributed by atoms with Crippen LogP contribution in [0, 0.1) is 0 Å². The Balaban J connectivity index is 2.23. The SMILES string of the molecule is O=Cc1cccn1Cc1ccno1. The number of carbonyl (C=O) groups is 1. The van der Waals surface area contributed by atoms with E-state index in [-0.39, 0.29) is 0 Å². The summed E-state index contributed by atoms with van der Waals surface area (Å²) in [7, 11) is 0. The van der Waals surface area contributed by atoms with Gasteiger partial charge in [-0.15, -0.1) is 0 Å². The Kier molecular flexibility index (Phi) is 1.96. The minimum Gasteiger partial charge on any atom is -0.359 e. The highest BCUT2D eigenvalue weighted by molar-refractivity contribution is 5.72. The number of rotatable bonds is 3. The van der Waals surface area contributed by atoms with Crippen LogP contribution in [-0.2, 0) is 6.54 Å². The Hall–Kier alpha value is -1.84. The van der Waals surface area contributed by atoms with Crippen LogP contribution in [0.2, 0.25) is 0 Å². The fraction of sp³-hybridized carbons (Fsp3) is 0.111. The van der Waals surface area contributed by atoms with Crippen LogP contribution in [0.5, 0.6) is 0 Å². The second-order valence-electron chi connectivity index (χ2n) is 2.66. The number of hydrogen-bond donors (Lipinski definition) is 0. The molecule has 0 aliphatic heterocycles. The van der Waals surface area contributed by atoms with Crippen molar-refractivity contribution in [1.29, 1.82) is 0 Å². The first-order valence-corrected chi connectivity index (χ1v) is 3.90. The Labute approximate surface area is 74.8 Å². The van der Waals surface area contributed by atoms with Gasteiger partial charge >= 0.3 is 0 Å². The van der Waals surface area contributed by atoms with Gasteiger partial charge in [0.05, 0.1) is 18.4 Å². The predicted octanol–water partition coefficient (Wildman–Crippen LogP) is 1.34. The van der Waals surface area contributed by atoms with Crippen molar-refractivity contribution in [3.8, 4) is 0 Å². The van der Waals surface area contributed by atoms with Gasteiger partial charge in [0.25, 0.3) is 0 Å². The van der Waals surface area contributed by atoms with Gasteiger partial charge in [0.2, 0.25) is 0 Å². The van der Waals surface area contributed by atoms with E-state index in [1.54, 1.807) is 22.9 Å². The molecule has 0 saturated heterocycles. The zero-order valence-corrected chi connectivity index (χ0v) is 6.88. The molecular weight excluding hydrogens is 168 g/mol. The summed E-state index contributed by atoms with van der Waals surface area (Å²) in [5, 5.41) is 3.58. The van der Waals surface area contributed by atoms with E-state index in [9.17, 15) is 4.79 Å². The molecule has 2 heterocycles. The second kappa shape index (κ2) is 3.26. The Morgan fingerprint density at radius 1 is 1.54 bits per heavy atom. The smallest absolute Gasteiger partial charge is 0.166 e. The number of aromatic nitrogens is 2. The molecule has 4 nitrogen and oxygen atoms in total. The van der Waals surface area contributed by atoms with Gasteiger partial charge in [-0.25, -0.2) is 0 Å². The largest absolute Gasteiger partial charge is 0.359 e. The van der Waals surface area contributed by atoms with Gasteiger partial charge in [0, 0.05) is 12.3 Å². The van der Waals surface area contributed by atoms with Crippen molar-refractivity contribution in [3.05, 3.63) is 42.0 Å². The molecule has 0 amide bonds. The van der Waals surface area contributed by atoms with Gasteiger partial charge in [-0.05, 0) is 12.1 Å². The molecule has 0 radical (unpaired) electrons. The molecule has 2 aromatic heterocycles. The lowest BCUT2D eigenvalue weighted by Crippen LogP contribution is -2.00. The predicted molar refractivity (Wildman–Crippen MR) is 45.4 cm³/mol. The van der Waals surface area contributed by atoms with E-state index >= 15 is 0 Å². The summed E-state index contributed by atoms with van der Waals surface area (Å²) in [6.45, 7) is 0.543. The average molecular weight is 176 g/mol. The molecule has 2 aromatic rings. The highest BCUT2D eigenvalue weighted by atomic mass is 16.5. The van der Waals surface area contributed by atoms with E-state index in [1.807, 2.05) is 12.3 Å². The molecule has 4 heteroatoms. The summed E-state index contributed by atoms with van der Waals surface area (Å²) < 4.78 is 6.72. The molecule has 0 atom stereocenters. The molecule has 0 spiro atoms. The normalized spacial score (nSPS) is 10.2. The van der Waals surface area contributed by atoms with Crippen LogP contribution in [0.15, 0.2) is 35.1 Å². The summed E-state index contributed by atoms with van der Waals surface area (Å²) in [6.07, 6.45) is 4.22. The van der Waals surface area contributed by atoms with Gasteiger partial charge in [-0.1, -0.05) is 5.16 Å². The van der Waals surface area contributed by atoms with Crippen LogP contribution in [-0.4, -0.2) is 16.0 Å². The first kappa shape index (κ1) is 7.79. The fourth-order valence-electron chi connectivity index (χ4n) is 1.17. The van der Waals surface area contributed by atoms with Crippen molar-refractivity contribution < 1.29 is 9.32 Å². The Morgan fingerprint density at radius 2 is 2.46 bits per heavy atom. The lowest BCUT2D eigenvalue weighted by molar-refractivity contribution is 0.111. The topological polar surface area (TPSA) is 48.0 Å². The van der Waals surface area contributed by atoms with Crippen molar-refractivity contribution in [2.75, 3.05) is 0 Å². The van der Waals surface area contributed by atoms with Crippen molar-refractivity contribution in [2.24, 2.45) is 0 Å². The summed E-state index contributed by atoms with van der Waals surface area (Å²) >= 11 is 0. The second-order valence-corrected chi connectivity index (χ2v) is 2.66. The highest BCUT2D eigenvalue weighted by Crippen LogP contribution is 2.04. The van der Waals surface area contributed by atoms with Crippen LogP contribution in [0.4, 0.5) is 0 Å². The van der Waals surface area contributed by atoms with Gasteiger partial charge in [-0.2, -0.15) is 0 Å². The van der Waals surface area contributed by atoms with Crippen molar-refractivity contribution in [3.63, 3.8) is 0 Å². The highest BCUT2D eigenvalue weighted by Gasteiger charge is 2.02. The molecular formula is C9H8N2O2. The molecule has 13 heavy (non-hydrogen) atoms. The zero-order chi connectivity index (χ0) is 9.10. The molecule has 0 aromatic carbocycles. The first-order chi connectivity index (χ1) is 6.40. The summed E-state index contributed by atoms with van der Waals surface area (Å²) in [5.41, 5.74) is 0.636. The van der Waals surface area contributed by atoms with Crippen LogP contribution >= 0.6 is 0 Å². The third-order valence-electron chi connectivity index (χ3n) is 1.80. The molecule has 0 unspecified atom stereocenters. The molecule has 0 aliphatic rings. The van der Waals surface area contributed by atoms with Crippen molar-refractivity contribution in [2.45, 2.75) is 6.54 Å². The van der Waals surface area contributed by atoms with Crippen LogP contribution in [0.1, 0.15) is 16.2 Å². The van der Waals surface area contributed by atoms with E-state index in [1.165, 1.54) is 0 Å². The zero-order valence-electron chi connectivity index (χ0n) is 6.88. The standard InChI is InChI=1S/C9H8N2O2/c12-7-8-2-1-5-11(8)6-9-3-4-10-13-9/h1-5,7H,6H2. The lowest BCUT2D eigenvalue weighted by Gasteiger charge is -2.00. The molecule has 0 fully saturated rings. The van der Waals surface area contributed by atoms with Crippen LogP contribution < -0.4 is 0 Å². The molecule has 0 saturated carbocycles. The van der Waals surface area contributed by atoms with Crippen molar-refractivity contribution >= 4 is 6.29 Å². The van der Waals surface area contributed by atoms with Gasteiger partial charge in [0.15, 0.2) is 12.0 Å². The van der Waals surface area contributed by atoms with Crippen LogP contribution in [0.25, 0.3) is 0 Å². The maximum absolute atomic E-state index is 10.5. The molecule has 0 N–H and O–H groups in total. The number of aldehydes is 1. The van der Waals surface area contributed by atoms with E-state index in [0.29, 0.717) is 12.2 Å². The quantitative estimate of drug-likeness (QED) is 0.663. The van der Waals surface area contributed by atoms with Crippen molar-refractivity contribution in [1.82, 2.24) is 9.72 Å². The Bertz CT molecular complexity index is 389. The molecule has 0 bridgehead atoms. The third-order valence-corrected chi connectivity index (χ3v) is 1.80. The lowest BCUT2D eigenvalue weighted by atomic mass is 10.4. The molecule has 66 valence electrons. The van der Waals surface area contributed by atoms with E-state index in [0.717, 1.165) is 12.0 Å². The fourth-order valence-corrected chi connectivity index (χ4v) is 1.17. The molecule has 0 aliphatic carbocycles. The van der Waals surface area contributed by atoms with E-state index in [2.05, 4.69) is 5.16 Å². The van der Waals surface area contributed by atoms with Crippen LogP contribution in [0.3, 0.4) is 0 Å². The number of nitrogens with zero attached hydrogens (tertiary/aromatic N) is 2. The van der Waals surface area contributed by atoms with Gasteiger partial charge in [-0.3, -0.25) is 4.79 Å². The monoisotopic (exact) mass is 176 g/mol. The Morgan fingerprint density at radius 3 is 3.15 bits per heavy atom.